The first-order valence-corrected chi connectivity index (χ1v) is 7.81. The number of nitrogens with one attached hydrogen (secondary N) is 2. The van der Waals surface area contributed by atoms with Gasteiger partial charge in [-0.1, -0.05) is 20.8 Å². The van der Waals surface area contributed by atoms with Gasteiger partial charge in [-0.3, -0.25) is 5.32 Å². The Balaban J connectivity index is 1.79. The number of anilines is 1. The molecule has 0 atom stereocenters. The lowest BCUT2D eigenvalue weighted by Gasteiger charge is -2.41. The van der Waals surface area contributed by atoms with Crippen molar-refractivity contribution in [1.29, 1.82) is 0 Å². The molecule has 3 N–H and O–H groups in total. The lowest BCUT2D eigenvalue weighted by Crippen LogP contribution is -2.47. The molecular weight excluding hydrogens is 282 g/mol. The van der Waals surface area contributed by atoms with Gasteiger partial charge >= 0.3 is 6.03 Å². The van der Waals surface area contributed by atoms with Gasteiger partial charge in [-0.25, -0.2) is 9.48 Å². The molecule has 7 heteroatoms. The molecule has 1 aliphatic rings. The summed E-state index contributed by atoms with van der Waals surface area (Å²) in [5.41, 5.74) is -0.531. The minimum Gasteiger partial charge on any atom is -0.388 e. The van der Waals surface area contributed by atoms with E-state index in [9.17, 15) is 9.90 Å². The Labute approximate surface area is 131 Å². The molecule has 124 valence electrons. The molecule has 22 heavy (non-hydrogen) atoms. The zero-order valence-electron chi connectivity index (χ0n) is 13.9. The molecule has 0 saturated heterocycles. The van der Waals surface area contributed by atoms with E-state index in [-0.39, 0.29) is 18.0 Å². The van der Waals surface area contributed by atoms with Crippen molar-refractivity contribution in [3.8, 4) is 0 Å². The standard InChI is InChI=1S/C15H27N5O2/c1-14(2,3)11-5-7-15(22,8-6-11)9-16-13(21)19-12-17-10-18-20(12)4/h10-11,22H,5-9H2,1-4H3,(H2,16,17,18,19,21). The van der Waals surface area contributed by atoms with E-state index in [1.807, 2.05) is 0 Å². The molecule has 0 radical (unpaired) electrons. The fourth-order valence-electron chi connectivity index (χ4n) is 3.00. The predicted molar refractivity (Wildman–Crippen MR) is 84.4 cm³/mol. The maximum Gasteiger partial charge on any atom is 0.321 e. The molecule has 1 aliphatic carbocycles. The zero-order chi connectivity index (χ0) is 16.4. The second-order valence-corrected chi connectivity index (χ2v) is 7.38. The van der Waals surface area contributed by atoms with Gasteiger partial charge in [0.15, 0.2) is 0 Å². The molecule has 0 unspecified atom stereocenters. The molecular formula is C15H27N5O2. The molecule has 1 saturated carbocycles. The molecule has 1 fully saturated rings. The summed E-state index contributed by atoms with van der Waals surface area (Å²) in [4.78, 5) is 15.8. The third-order valence-electron chi connectivity index (χ3n) is 4.66. The van der Waals surface area contributed by atoms with Crippen LogP contribution in [0.4, 0.5) is 10.7 Å². The third-order valence-corrected chi connectivity index (χ3v) is 4.66. The number of rotatable bonds is 3. The van der Waals surface area contributed by atoms with E-state index < -0.39 is 5.60 Å². The summed E-state index contributed by atoms with van der Waals surface area (Å²) in [5, 5.41) is 19.8. The molecule has 1 aromatic heterocycles. The average Bonchev–Trinajstić information content (AvgIpc) is 2.82. The number of nitrogens with zero attached hydrogens (tertiary/aromatic N) is 3. The van der Waals surface area contributed by atoms with Crippen molar-refractivity contribution in [2.24, 2.45) is 18.4 Å². The van der Waals surface area contributed by atoms with Gasteiger partial charge in [-0.15, -0.1) is 0 Å². The predicted octanol–water partition coefficient (Wildman–Crippen LogP) is 1.90. The van der Waals surface area contributed by atoms with Gasteiger partial charge in [-0.2, -0.15) is 10.1 Å². The summed E-state index contributed by atoms with van der Waals surface area (Å²) in [6.07, 6.45) is 4.80. The fourth-order valence-corrected chi connectivity index (χ4v) is 3.00. The second kappa shape index (κ2) is 6.24. The van der Waals surface area contributed by atoms with Crippen LogP contribution in [-0.4, -0.2) is 38.0 Å². The second-order valence-electron chi connectivity index (χ2n) is 7.38. The van der Waals surface area contributed by atoms with Gasteiger partial charge in [0.1, 0.15) is 6.33 Å². The Morgan fingerprint density at radius 3 is 2.59 bits per heavy atom. The van der Waals surface area contributed by atoms with Crippen LogP contribution in [0, 0.1) is 11.3 Å². The first-order chi connectivity index (χ1) is 10.2. The highest BCUT2D eigenvalue weighted by atomic mass is 16.3. The van der Waals surface area contributed by atoms with Crippen LogP contribution in [0.1, 0.15) is 46.5 Å². The molecule has 0 spiro atoms. The Hall–Kier alpha value is -1.63. The van der Waals surface area contributed by atoms with Gasteiger partial charge in [0.25, 0.3) is 0 Å². The fraction of sp³-hybridized carbons (Fsp3) is 0.800. The number of amides is 2. The SMILES string of the molecule is Cn1ncnc1NC(=O)NCC1(O)CCC(C(C)(C)C)CC1. The summed E-state index contributed by atoms with van der Waals surface area (Å²) < 4.78 is 1.48. The van der Waals surface area contributed by atoms with E-state index in [0.717, 1.165) is 25.7 Å². The van der Waals surface area contributed by atoms with Gasteiger partial charge in [0, 0.05) is 13.6 Å². The van der Waals surface area contributed by atoms with Crippen LogP contribution in [0.15, 0.2) is 6.33 Å². The Morgan fingerprint density at radius 1 is 1.45 bits per heavy atom. The van der Waals surface area contributed by atoms with Crippen molar-refractivity contribution in [1.82, 2.24) is 20.1 Å². The molecule has 1 aromatic rings. The highest BCUT2D eigenvalue weighted by Gasteiger charge is 2.37. The number of hydrogen-bond donors (Lipinski definition) is 3. The van der Waals surface area contributed by atoms with Crippen LogP contribution in [-0.2, 0) is 7.05 Å². The molecule has 2 rings (SSSR count). The average molecular weight is 309 g/mol. The van der Waals surface area contributed by atoms with Crippen LogP contribution in [0.25, 0.3) is 0 Å². The van der Waals surface area contributed by atoms with E-state index in [2.05, 4.69) is 41.5 Å². The summed E-state index contributed by atoms with van der Waals surface area (Å²) >= 11 is 0. The van der Waals surface area contributed by atoms with E-state index in [0.29, 0.717) is 11.9 Å². The Kier molecular flexibility index (Phi) is 4.75. The topological polar surface area (TPSA) is 92.1 Å². The van der Waals surface area contributed by atoms with E-state index in [1.165, 1.54) is 11.0 Å². The van der Waals surface area contributed by atoms with Crippen molar-refractivity contribution >= 4 is 12.0 Å². The highest BCUT2D eigenvalue weighted by Crippen LogP contribution is 2.41. The molecule has 2 amide bonds. The highest BCUT2D eigenvalue weighted by molar-refractivity contribution is 5.87. The number of carbonyl (C=O) groups excluding carboxylic acids is 1. The number of carbonyl (C=O) groups is 1. The Bertz CT molecular complexity index is 512. The van der Waals surface area contributed by atoms with Gasteiger partial charge in [-0.05, 0) is 37.0 Å². The lowest BCUT2D eigenvalue weighted by atomic mass is 9.68. The smallest absolute Gasteiger partial charge is 0.321 e. The first-order valence-electron chi connectivity index (χ1n) is 7.81. The van der Waals surface area contributed by atoms with Crippen molar-refractivity contribution in [2.45, 2.75) is 52.1 Å². The van der Waals surface area contributed by atoms with Crippen LogP contribution in [0.3, 0.4) is 0 Å². The summed E-state index contributed by atoms with van der Waals surface area (Å²) in [5.74, 6) is 1.00. The molecule has 7 nitrogen and oxygen atoms in total. The van der Waals surface area contributed by atoms with Crippen molar-refractivity contribution < 1.29 is 9.90 Å². The van der Waals surface area contributed by atoms with E-state index >= 15 is 0 Å². The van der Waals surface area contributed by atoms with Crippen molar-refractivity contribution in [3.63, 3.8) is 0 Å². The minimum absolute atomic E-state index is 0.257. The van der Waals surface area contributed by atoms with Crippen LogP contribution < -0.4 is 10.6 Å². The maximum absolute atomic E-state index is 11.9. The first kappa shape index (κ1) is 16.7. The summed E-state index contributed by atoms with van der Waals surface area (Å²) in [7, 11) is 1.70. The number of urea groups is 1. The molecule has 1 heterocycles. The largest absolute Gasteiger partial charge is 0.388 e. The van der Waals surface area contributed by atoms with Crippen molar-refractivity contribution in [2.75, 3.05) is 11.9 Å². The molecule has 0 bridgehead atoms. The van der Waals surface area contributed by atoms with E-state index in [1.54, 1.807) is 7.05 Å². The summed E-state index contributed by atoms with van der Waals surface area (Å²) in [6.45, 7) is 6.99. The van der Waals surface area contributed by atoms with Crippen LogP contribution >= 0.6 is 0 Å². The number of aromatic nitrogens is 3. The van der Waals surface area contributed by atoms with Crippen LogP contribution in [0.5, 0.6) is 0 Å². The maximum atomic E-state index is 11.9. The van der Waals surface area contributed by atoms with E-state index in [4.69, 9.17) is 0 Å². The molecule has 0 aromatic carbocycles. The Morgan fingerprint density at radius 2 is 2.09 bits per heavy atom. The quantitative estimate of drug-likeness (QED) is 0.795. The van der Waals surface area contributed by atoms with Gasteiger partial charge in [0.05, 0.1) is 5.60 Å². The number of aliphatic hydroxyl groups is 1. The minimum atomic E-state index is -0.807. The number of hydrogen-bond acceptors (Lipinski definition) is 4. The lowest BCUT2D eigenvalue weighted by molar-refractivity contribution is -0.0216. The monoisotopic (exact) mass is 309 g/mol. The normalized spacial score (nSPS) is 25.8. The van der Waals surface area contributed by atoms with Crippen molar-refractivity contribution in [3.05, 3.63) is 6.33 Å². The van der Waals surface area contributed by atoms with Gasteiger partial charge in [0.2, 0.25) is 5.95 Å². The van der Waals surface area contributed by atoms with Gasteiger partial charge < -0.3 is 10.4 Å². The number of aryl methyl sites for hydroxylation is 1. The summed E-state index contributed by atoms with van der Waals surface area (Å²) in [6, 6.07) is -0.373. The third kappa shape index (κ3) is 4.19. The molecule has 0 aliphatic heterocycles. The zero-order valence-corrected chi connectivity index (χ0v) is 13.9. The van der Waals surface area contributed by atoms with Crippen LogP contribution in [0.2, 0.25) is 0 Å².